The van der Waals surface area contributed by atoms with E-state index in [4.69, 9.17) is 5.11 Å². The van der Waals surface area contributed by atoms with Gasteiger partial charge in [0.1, 0.15) is 0 Å². The zero-order valence-corrected chi connectivity index (χ0v) is 9.79. The van der Waals surface area contributed by atoms with E-state index < -0.39 is 23.7 Å². The van der Waals surface area contributed by atoms with Crippen LogP contribution in [0.5, 0.6) is 0 Å². The maximum Gasteiger partial charge on any atom is 0.308 e. The van der Waals surface area contributed by atoms with Crippen molar-refractivity contribution in [3.8, 4) is 0 Å². The van der Waals surface area contributed by atoms with Crippen molar-refractivity contribution >= 4 is 17.8 Å². The van der Waals surface area contributed by atoms with E-state index in [2.05, 4.69) is 4.98 Å². The third-order valence-electron chi connectivity index (χ3n) is 3.02. The minimum absolute atomic E-state index is 0.0990. The van der Waals surface area contributed by atoms with Crippen molar-refractivity contribution in [1.82, 2.24) is 9.88 Å². The summed E-state index contributed by atoms with van der Waals surface area (Å²) in [7, 11) is 0. The predicted molar refractivity (Wildman–Crippen MR) is 61.0 cm³/mol. The second-order valence-corrected chi connectivity index (χ2v) is 4.09. The first-order valence-electron chi connectivity index (χ1n) is 5.59. The summed E-state index contributed by atoms with van der Waals surface area (Å²) in [6, 6.07) is 1.47. The van der Waals surface area contributed by atoms with Gasteiger partial charge in [0, 0.05) is 18.9 Å². The number of hydrogen-bond acceptors (Lipinski definition) is 4. The molecule has 6 heteroatoms. The van der Waals surface area contributed by atoms with Crippen LogP contribution in [0, 0.1) is 5.92 Å². The van der Waals surface area contributed by atoms with Crippen LogP contribution in [0.4, 0.5) is 0 Å². The quantitative estimate of drug-likeness (QED) is 0.796. The summed E-state index contributed by atoms with van der Waals surface area (Å²) in [5, 5.41) is 8.96. The normalized spacial score (nSPS) is 15.7. The van der Waals surface area contributed by atoms with Crippen LogP contribution in [-0.4, -0.2) is 39.3 Å². The number of imide groups is 1. The largest absolute Gasteiger partial charge is 0.481 e. The molecule has 1 aliphatic rings. The van der Waals surface area contributed by atoms with Crippen LogP contribution in [-0.2, 0) is 4.79 Å². The van der Waals surface area contributed by atoms with Crippen LogP contribution in [0.2, 0.25) is 0 Å². The van der Waals surface area contributed by atoms with Gasteiger partial charge in [-0.05, 0) is 12.5 Å². The molecule has 94 valence electrons. The second-order valence-electron chi connectivity index (χ2n) is 4.09. The van der Waals surface area contributed by atoms with Gasteiger partial charge < -0.3 is 5.11 Å². The summed E-state index contributed by atoms with van der Waals surface area (Å²) in [6.45, 7) is 1.61. The van der Waals surface area contributed by atoms with Gasteiger partial charge in [-0.3, -0.25) is 24.3 Å². The minimum Gasteiger partial charge on any atom is -0.481 e. The number of carboxylic acids is 1. The molecule has 0 fully saturated rings. The number of rotatable bonds is 4. The van der Waals surface area contributed by atoms with Gasteiger partial charge >= 0.3 is 5.97 Å². The van der Waals surface area contributed by atoms with Crippen LogP contribution in [0.15, 0.2) is 18.5 Å². The number of carbonyl (C=O) groups is 3. The predicted octanol–water partition coefficient (Wildman–Crippen LogP) is 0.788. The molecule has 0 saturated heterocycles. The van der Waals surface area contributed by atoms with Gasteiger partial charge in [0.15, 0.2) is 0 Å². The van der Waals surface area contributed by atoms with Crippen LogP contribution in [0.3, 0.4) is 0 Å². The van der Waals surface area contributed by atoms with E-state index >= 15 is 0 Å². The van der Waals surface area contributed by atoms with E-state index in [0.717, 1.165) is 4.90 Å². The molecule has 6 nitrogen and oxygen atoms in total. The Hall–Kier alpha value is -2.24. The molecule has 0 aromatic carbocycles. The standard InChI is InChI=1S/C12H12N2O4/c1-2-7(12(17)18)6-14-10(15)8-3-4-13-5-9(8)11(14)16/h3-5,7H,2,6H2,1H3,(H,17,18). The second kappa shape index (κ2) is 4.56. The highest BCUT2D eigenvalue weighted by Crippen LogP contribution is 2.23. The van der Waals surface area contributed by atoms with Crippen molar-refractivity contribution in [3.05, 3.63) is 29.6 Å². The first-order chi connectivity index (χ1) is 8.56. The Morgan fingerprint density at radius 1 is 1.39 bits per heavy atom. The molecule has 2 rings (SSSR count). The first kappa shape index (κ1) is 12.2. The van der Waals surface area contributed by atoms with Crippen molar-refractivity contribution < 1.29 is 19.5 Å². The number of carboxylic acid groups (broad SMARTS) is 1. The number of aliphatic carboxylic acids is 1. The summed E-state index contributed by atoms with van der Waals surface area (Å²) < 4.78 is 0. The third kappa shape index (κ3) is 1.85. The van der Waals surface area contributed by atoms with Gasteiger partial charge in [0.25, 0.3) is 11.8 Å². The van der Waals surface area contributed by atoms with Gasteiger partial charge in [0.05, 0.1) is 17.0 Å². The highest BCUT2D eigenvalue weighted by atomic mass is 16.4. The molecule has 2 amide bonds. The average molecular weight is 248 g/mol. The summed E-state index contributed by atoms with van der Waals surface area (Å²) in [4.78, 5) is 39.6. The number of hydrogen-bond donors (Lipinski definition) is 1. The molecule has 0 spiro atoms. The van der Waals surface area contributed by atoms with Gasteiger partial charge in [-0.15, -0.1) is 0 Å². The van der Waals surface area contributed by atoms with Gasteiger partial charge in [-0.25, -0.2) is 0 Å². The van der Waals surface area contributed by atoms with Gasteiger partial charge in [-0.1, -0.05) is 6.92 Å². The van der Waals surface area contributed by atoms with Crippen molar-refractivity contribution in [2.75, 3.05) is 6.54 Å². The van der Waals surface area contributed by atoms with Crippen molar-refractivity contribution in [2.24, 2.45) is 5.92 Å². The van der Waals surface area contributed by atoms with Crippen LogP contribution in [0.25, 0.3) is 0 Å². The fourth-order valence-corrected chi connectivity index (χ4v) is 1.90. The Morgan fingerprint density at radius 2 is 2.06 bits per heavy atom. The Kier molecular flexibility index (Phi) is 3.10. The van der Waals surface area contributed by atoms with Gasteiger partial charge in [-0.2, -0.15) is 0 Å². The topological polar surface area (TPSA) is 87.6 Å². The monoisotopic (exact) mass is 248 g/mol. The van der Waals surface area contributed by atoms with Gasteiger partial charge in [0.2, 0.25) is 0 Å². The van der Waals surface area contributed by atoms with E-state index in [-0.39, 0.29) is 17.7 Å². The number of pyridine rings is 1. The first-order valence-corrected chi connectivity index (χ1v) is 5.59. The van der Waals surface area contributed by atoms with Crippen molar-refractivity contribution in [3.63, 3.8) is 0 Å². The van der Waals surface area contributed by atoms with E-state index in [1.165, 1.54) is 18.5 Å². The Morgan fingerprint density at radius 3 is 2.61 bits per heavy atom. The molecule has 0 radical (unpaired) electrons. The highest BCUT2D eigenvalue weighted by molar-refractivity contribution is 6.21. The lowest BCUT2D eigenvalue weighted by Crippen LogP contribution is -2.37. The maximum absolute atomic E-state index is 12.0. The maximum atomic E-state index is 12.0. The number of carbonyl (C=O) groups excluding carboxylic acids is 2. The molecule has 0 aliphatic carbocycles. The molecule has 1 atom stereocenters. The fourth-order valence-electron chi connectivity index (χ4n) is 1.90. The number of aromatic nitrogens is 1. The van der Waals surface area contributed by atoms with E-state index in [1.54, 1.807) is 6.92 Å². The number of nitrogens with zero attached hydrogens (tertiary/aromatic N) is 2. The Balaban J connectivity index is 2.26. The molecule has 2 heterocycles. The smallest absolute Gasteiger partial charge is 0.308 e. The average Bonchev–Trinajstić information content (AvgIpc) is 2.60. The molecular formula is C12H12N2O4. The summed E-state index contributed by atoms with van der Waals surface area (Å²) in [6.07, 6.45) is 3.13. The fraction of sp³-hybridized carbons (Fsp3) is 0.333. The lowest BCUT2D eigenvalue weighted by molar-refractivity contribution is -0.142. The lowest BCUT2D eigenvalue weighted by atomic mass is 10.1. The molecule has 1 aromatic rings. The minimum atomic E-state index is -1.01. The number of amides is 2. The lowest BCUT2D eigenvalue weighted by Gasteiger charge is -2.18. The zero-order valence-electron chi connectivity index (χ0n) is 9.79. The van der Waals surface area contributed by atoms with E-state index in [1.807, 2.05) is 0 Å². The molecule has 0 bridgehead atoms. The van der Waals surface area contributed by atoms with Crippen LogP contribution >= 0.6 is 0 Å². The van der Waals surface area contributed by atoms with E-state index in [9.17, 15) is 14.4 Å². The molecular weight excluding hydrogens is 236 g/mol. The SMILES string of the molecule is CCC(CN1C(=O)c2ccncc2C1=O)C(=O)O. The van der Waals surface area contributed by atoms with Crippen LogP contribution in [0.1, 0.15) is 34.1 Å². The molecule has 1 aliphatic heterocycles. The number of fused-ring (bicyclic) bond motifs is 1. The van der Waals surface area contributed by atoms with E-state index in [0.29, 0.717) is 6.42 Å². The molecule has 1 aromatic heterocycles. The molecule has 1 unspecified atom stereocenters. The Bertz CT molecular complexity index is 492. The zero-order chi connectivity index (χ0) is 13.3. The van der Waals surface area contributed by atoms with Crippen molar-refractivity contribution in [1.29, 1.82) is 0 Å². The summed E-state index contributed by atoms with van der Waals surface area (Å²) in [5.41, 5.74) is 0.526. The molecule has 1 N–H and O–H groups in total. The molecule has 18 heavy (non-hydrogen) atoms. The third-order valence-corrected chi connectivity index (χ3v) is 3.02. The summed E-state index contributed by atoms with van der Waals surface area (Å²) >= 11 is 0. The summed E-state index contributed by atoms with van der Waals surface area (Å²) in [5.74, 6) is -2.66. The van der Waals surface area contributed by atoms with Crippen LogP contribution < -0.4 is 0 Å². The highest BCUT2D eigenvalue weighted by Gasteiger charge is 2.37. The Labute approximate surface area is 103 Å². The molecule has 0 saturated carbocycles. The van der Waals surface area contributed by atoms with Crippen molar-refractivity contribution in [2.45, 2.75) is 13.3 Å².